The Labute approximate surface area is 215 Å². The molecule has 0 fully saturated rings. The molecule has 2 heterocycles. The number of nitrogens with zero attached hydrogens (tertiary/aromatic N) is 2. The molecule has 0 amide bonds. The number of thiazole rings is 1. The molecule has 1 aliphatic rings. The van der Waals surface area contributed by atoms with E-state index in [1.807, 2.05) is 42.5 Å². The van der Waals surface area contributed by atoms with Crippen molar-refractivity contribution in [2.75, 3.05) is 13.2 Å². The molecule has 2 aromatic carbocycles. The van der Waals surface area contributed by atoms with Crippen LogP contribution < -0.4 is 19.6 Å². The quantitative estimate of drug-likeness (QED) is 0.417. The second-order valence-corrected chi connectivity index (χ2v) is 10.1. The van der Waals surface area contributed by atoms with E-state index in [4.69, 9.17) is 9.47 Å². The van der Waals surface area contributed by atoms with E-state index in [1.54, 1.807) is 18.4 Å². The molecule has 1 unspecified atom stereocenters. The summed E-state index contributed by atoms with van der Waals surface area (Å²) < 4.78 is 13.2. The fourth-order valence-electron chi connectivity index (χ4n) is 4.20. The predicted octanol–water partition coefficient (Wildman–Crippen LogP) is 4.71. The summed E-state index contributed by atoms with van der Waals surface area (Å²) in [6.07, 6.45) is 2.80. The van der Waals surface area contributed by atoms with Gasteiger partial charge in [-0.1, -0.05) is 68.5 Å². The first-order valence-electron chi connectivity index (χ1n) is 12.4. The van der Waals surface area contributed by atoms with Gasteiger partial charge in [0.15, 0.2) is 4.80 Å². The summed E-state index contributed by atoms with van der Waals surface area (Å²) in [7, 11) is 0. The largest absolute Gasteiger partial charge is 0.494 e. The number of fused-ring (bicyclic) bond motifs is 1. The maximum atomic E-state index is 13.7. The minimum absolute atomic E-state index is 0.183. The molecular weight excluding hydrogens is 472 g/mol. The Morgan fingerprint density at radius 2 is 1.81 bits per heavy atom. The summed E-state index contributed by atoms with van der Waals surface area (Å²) in [5.74, 6) is 0.727. The number of rotatable bonds is 8. The predicted molar refractivity (Wildman–Crippen MR) is 143 cm³/mol. The van der Waals surface area contributed by atoms with Gasteiger partial charge < -0.3 is 9.47 Å². The molecule has 1 aliphatic heterocycles. The molecule has 0 saturated heterocycles. The number of carbonyl (C=O) groups is 1. The van der Waals surface area contributed by atoms with E-state index in [-0.39, 0.29) is 12.2 Å². The van der Waals surface area contributed by atoms with Crippen molar-refractivity contribution >= 4 is 23.4 Å². The second kappa shape index (κ2) is 11.1. The van der Waals surface area contributed by atoms with Crippen LogP contribution in [0.1, 0.15) is 69.7 Å². The average Bonchev–Trinajstić information content (AvgIpc) is 3.17. The first kappa shape index (κ1) is 25.6. The van der Waals surface area contributed by atoms with Crippen LogP contribution in [-0.2, 0) is 9.53 Å². The van der Waals surface area contributed by atoms with Crippen molar-refractivity contribution in [1.29, 1.82) is 0 Å². The number of ether oxygens (including phenoxy) is 2. The van der Waals surface area contributed by atoms with Crippen LogP contribution in [0.15, 0.2) is 69.6 Å². The van der Waals surface area contributed by atoms with Gasteiger partial charge >= 0.3 is 5.97 Å². The lowest BCUT2D eigenvalue weighted by atomic mass is 9.93. The Morgan fingerprint density at radius 3 is 2.42 bits per heavy atom. The summed E-state index contributed by atoms with van der Waals surface area (Å²) in [4.78, 5) is 31.9. The van der Waals surface area contributed by atoms with Gasteiger partial charge in [0, 0.05) is 0 Å². The lowest BCUT2D eigenvalue weighted by Gasteiger charge is -2.25. The van der Waals surface area contributed by atoms with Crippen LogP contribution in [0.25, 0.3) is 6.08 Å². The molecule has 0 aliphatic carbocycles. The summed E-state index contributed by atoms with van der Waals surface area (Å²) in [6, 6.07) is 15.1. The van der Waals surface area contributed by atoms with Gasteiger partial charge in [-0.25, -0.2) is 9.79 Å². The molecule has 36 heavy (non-hydrogen) atoms. The Balaban J connectivity index is 1.83. The molecule has 4 rings (SSSR count). The minimum Gasteiger partial charge on any atom is -0.494 e. The Morgan fingerprint density at radius 1 is 1.11 bits per heavy atom. The lowest BCUT2D eigenvalue weighted by molar-refractivity contribution is -0.139. The van der Waals surface area contributed by atoms with Crippen molar-refractivity contribution in [1.82, 2.24) is 4.57 Å². The molecule has 6 nitrogen and oxygen atoms in total. The first-order valence-corrected chi connectivity index (χ1v) is 13.2. The number of hydrogen-bond acceptors (Lipinski definition) is 6. The van der Waals surface area contributed by atoms with Crippen molar-refractivity contribution in [2.24, 2.45) is 4.99 Å². The number of allylic oxidation sites excluding steroid dienone is 1. The van der Waals surface area contributed by atoms with Crippen LogP contribution in [-0.4, -0.2) is 23.8 Å². The monoisotopic (exact) mass is 504 g/mol. The van der Waals surface area contributed by atoms with E-state index in [0.717, 1.165) is 23.3 Å². The van der Waals surface area contributed by atoms with Gasteiger partial charge in [-0.05, 0) is 61.1 Å². The number of benzene rings is 2. The van der Waals surface area contributed by atoms with Crippen molar-refractivity contribution < 1.29 is 14.3 Å². The van der Waals surface area contributed by atoms with Crippen LogP contribution in [0.5, 0.6) is 5.75 Å². The summed E-state index contributed by atoms with van der Waals surface area (Å²) in [6.45, 7) is 10.8. The molecular formula is C29H32N2O4S. The molecule has 1 aromatic heterocycles. The van der Waals surface area contributed by atoms with E-state index >= 15 is 0 Å². The van der Waals surface area contributed by atoms with Gasteiger partial charge in [0.25, 0.3) is 5.56 Å². The zero-order chi connectivity index (χ0) is 25.8. The van der Waals surface area contributed by atoms with Gasteiger partial charge in [0.1, 0.15) is 5.75 Å². The van der Waals surface area contributed by atoms with Crippen molar-refractivity contribution in [3.8, 4) is 5.75 Å². The molecule has 1 atom stereocenters. The molecule has 3 aromatic rings. The average molecular weight is 505 g/mol. The Bertz CT molecular complexity index is 1440. The van der Waals surface area contributed by atoms with E-state index in [2.05, 4.69) is 37.9 Å². The minimum atomic E-state index is -0.603. The van der Waals surface area contributed by atoms with Gasteiger partial charge in [-0.3, -0.25) is 9.36 Å². The molecule has 7 heteroatoms. The van der Waals surface area contributed by atoms with Gasteiger partial charge in [-0.15, -0.1) is 0 Å². The molecule has 188 valence electrons. The smallest absolute Gasteiger partial charge is 0.338 e. The fraction of sp³-hybridized carbons (Fsp3) is 0.345. The zero-order valence-corrected chi connectivity index (χ0v) is 22.2. The Hall–Kier alpha value is -3.45. The van der Waals surface area contributed by atoms with Crippen molar-refractivity contribution in [2.45, 2.75) is 53.0 Å². The standard InChI is InChI=1S/C29H32N2O4S/c1-6-16-35-23-14-8-20(9-15-23)17-24-27(32)31-26(22-12-10-21(11-13-22)18(3)4)25(28(33)34-7-2)19(5)30-29(31)36-24/h8-15,17-18,26H,6-7,16H2,1-5H3. The topological polar surface area (TPSA) is 69.9 Å². The van der Waals surface area contributed by atoms with Crippen LogP contribution in [0, 0.1) is 0 Å². The maximum absolute atomic E-state index is 13.7. The SMILES string of the molecule is CCCOc1ccc(C=c2sc3n(c2=O)C(c2ccc(C(C)C)cc2)C(C(=O)OCC)=C(C)N=3)cc1. The highest BCUT2D eigenvalue weighted by Crippen LogP contribution is 2.31. The Kier molecular flexibility index (Phi) is 7.89. The lowest BCUT2D eigenvalue weighted by Crippen LogP contribution is -2.39. The highest BCUT2D eigenvalue weighted by molar-refractivity contribution is 7.07. The number of aromatic nitrogens is 1. The van der Waals surface area contributed by atoms with Gasteiger partial charge in [-0.2, -0.15) is 0 Å². The van der Waals surface area contributed by atoms with Crippen molar-refractivity contribution in [3.63, 3.8) is 0 Å². The third kappa shape index (κ3) is 5.21. The van der Waals surface area contributed by atoms with E-state index in [0.29, 0.717) is 33.1 Å². The van der Waals surface area contributed by atoms with E-state index < -0.39 is 12.0 Å². The second-order valence-electron chi connectivity index (χ2n) is 9.04. The van der Waals surface area contributed by atoms with Crippen LogP contribution in [0.4, 0.5) is 0 Å². The van der Waals surface area contributed by atoms with Crippen LogP contribution >= 0.6 is 11.3 Å². The van der Waals surface area contributed by atoms with E-state index in [1.165, 1.54) is 16.9 Å². The highest BCUT2D eigenvalue weighted by atomic mass is 32.1. The molecule has 0 saturated carbocycles. The van der Waals surface area contributed by atoms with Gasteiger partial charge in [0.05, 0.1) is 35.1 Å². The summed E-state index contributed by atoms with van der Waals surface area (Å²) in [5.41, 5.74) is 3.71. The van der Waals surface area contributed by atoms with Crippen LogP contribution in [0.2, 0.25) is 0 Å². The van der Waals surface area contributed by atoms with Gasteiger partial charge in [0.2, 0.25) is 0 Å². The first-order chi connectivity index (χ1) is 17.3. The third-order valence-electron chi connectivity index (χ3n) is 6.09. The summed E-state index contributed by atoms with van der Waals surface area (Å²) >= 11 is 1.32. The molecule has 0 N–H and O–H groups in total. The normalized spacial score (nSPS) is 15.6. The molecule has 0 spiro atoms. The third-order valence-corrected chi connectivity index (χ3v) is 7.07. The fourth-order valence-corrected chi connectivity index (χ4v) is 5.25. The summed E-state index contributed by atoms with van der Waals surface area (Å²) in [5, 5.41) is 0. The number of esters is 1. The van der Waals surface area contributed by atoms with Crippen molar-refractivity contribution in [3.05, 3.63) is 96.2 Å². The number of hydrogen-bond donors (Lipinski definition) is 0. The van der Waals surface area contributed by atoms with Crippen LogP contribution in [0.3, 0.4) is 0 Å². The molecule has 0 bridgehead atoms. The number of carbonyl (C=O) groups excluding carboxylic acids is 1. The highest BCUT2D eigenvalue weighted by Gasteiger charge is 2.33. The maximum Gasteiger partial charge on any atom is 0.338 e. The molecule has 0 radical (unpaired) electrons. The van der Waals surface area contributed by atoms with E-state index in [9.17, 15) is 9.59 Å². The zero-order valence-electron chi connectivity index (χ0n) is 21.4.